The van der Waals surface area contributed by atoms with E-state index in [9.17, 15) is 40.5 Å². The molecule has 0 saturated carbocycles. The number of esters is 1. The average Bonchev–Trinajstić information content (AvgIpc) is 2.78. The Morgan fingerprint density at radius 3 is 1.97 bits per heavy atom. The first-order chi connectivity index (χ1) is 14.7. The van der Waals surface area contributed by atoms with Crippen molar-refractivity contribution in [2.45, 2.75) is 61.4 Å². The number of carbonyl (C=O) groups is 1. The predicted octanol–water partition coefficient (Wildman–Crippen LogP) is -3.53. The summed E-state index contributed by atoms with van der Waals surface area (Å²) >= 11 is 0. The highest BCUT2D eigenvalue weighted by Gasteiger charge is 2.47. The molecule has 0 spiro atoms. The molecule has 2 aliphatic rings. The van der Waals surface area contributed by atoms with Crippen LogP contribution in [0.15, 0.2) is 30.3 Å². The van der Waals surface area contributed by atoms with Crippen LogP contribution in [0.2, 0.25) is 0 Å². The van der Waals surface area contributed by atoms with Crippen molar-refractivity contribution in [3.8, 4) is 0 Å². The minimum atomic E-state index is -1.78. The highest BCUT2D eigenvalue weighted by Crippen LogP contribution is 2.25. The van der Waals surface area contributed by atoms with E-state index in [0.29, 0.717) is 0 Å². The van der Waals surface area contributed by atoms with Crippen LogP contribution in [0.25, 0.3) is 0 Å². The van der Waals surface area contributed by atoms with Gasteiger partial charge in [-0.2, -0.15) is 0 Å². The van der Waals surface area contributed by atoms with Crippen LogP contribution in [-0.2, 0) is 18.9 Å². The van der Waals surface area contributed by atoms with Gasteiger partial charge in [0, 0.05) is 0 Å². The van der Waals surface area contributed by atoms with E-state index in [1.54, 1.807) is 18.2 Å². The second kappa shape index (κ2) is 10.3. The smallest absolute Gasteiger partial charge is 0.338 e. The molecule has 0 aromatic heterocycles. The summed E-state index contributed by atoms with van der Waals surface area (Å²) in [6.07, 6.45) is -15.8. The molecule has 7 N–H and O–H groups in total. The summed E-state index contributed by atoms with van der Waals surface area (Å²) in [5.41, 5.74) is 0.268. The molecule has 2 fully saturated rings. The van der Waals surface area contributed by atoms with Crippen LogP contribution in [0.3, 0.4) is 0 Å². The second-order valence-corrected chi connectivity index (χ2v) is 7.35. The first-order valence-corrected chi connectivity index (χ1v) is 9.62. The Kier molecular flexibility index (Phi) is 7.93. The van der Waals surface area contributed by atoms with Crippen molar-refractivity contribution in [2.24, 2.45) is 0 Å². The van der Waals surface area contributed by atoms with E-state index >= 15 is 0 Å². The molecule has 12 nitrogen and oxygen atoms in total. The lowest BCUT2D eigenvalue weighted by atomic mass is 9.98. The minimum Gasteiger partial charge on any atom is -0.459 e. The molecule has 174 valence electrons. The first kappa shape index (κ1) is 23.9. The third-order valence-electron chi connectivity index (χ3n) is 5.17. The van der Waals surface area contributed by atoms with Gasteiger partial charge in [-0.25, -0.2) is 4.79 Å². The number of rotatable bonds is 6. The molecule has 0 radical (unpaired) electrons. The zero-order valence-electron chi connectivity index (χ0n) is 16.2. The summed E-state index contributed by atoms with van der Waals surface area (Å²) in [5.74, 6) is -0.685. The van der Waals surface area contributed by atoms with E-state index in [0.717, 1.165) is 0 Å². The van der Waals surface area contributed by atoms with Crippen LogP contribution in [0.1, 0.15) is 10.4 Å². The van der Waals surface area contributed by atoms with Crippen LogP contribution in [0.4, 0.5) is 0 Å². The molecule has 0 unspecified atom stereocenters. The fourth-order valence-corrected chi connectivity index (χ4v) is 3.27. The lowest BCUT2D eigenvalue weighted by molar-refractivity contribution is -0.325. The Bertz CT molecular complexity index is 717. The van der Waals surface area contributed by atoms with Gasteiger partial charge in [-0.1, -0.05) is 18.2 Å². The van der Waals surface area contributed by atoms with Crippen molar-refractivity contribution >= 4 is 5.97 Å². The maximum atomic E-state index is 12.1. The minimum absolute atomic E-state index is 0.268. The topological polar surface area (TPSA) is 196 Å². The van der Waals surface area contributed by atoms with Crippen molar-refractivity contribution in [1.29, 1.82) is 0 Å². The lowest BCUT2D eigenvalue weighted by Gasteiger charge is -2.42. The fourth-order valence-electron chi connectivity index (χ4n) is 3.27. The van der Waals surface area contributed by atoms with Gasteiger partial charge in [0.1, 0.15) is 55.4 Å². The Morgan fingerprint density at radius 1 is 0.742 bits per heavy atom. The van der Waals surface area contributed by atoms with Crippen LogP contribution >= 0.6 is 0 Å². The van der Waals surface area contributed by atoms with Gasteiger partial charge in [0.25, 0.3) is 0 Å². The van der Waals surface area contributed by atoms with Crippen LogP contribution in [-0.4, -0.2) is 116 Å². The Balaban J connectivity index is 1.57. The molecule has 0 aliphatic carbocycles. The number of aliphatic hydroxyl groups excluding tert-OH is 7. The molecule has 2 saturated heterocycles. The number of hydrogen-bond acceptors (Lipinski definition) is 12. The quantitative estimate of drug-likeness (QED) is 0.213. The molecule has 0 amide bonds. The van der Waals surface area contributed by atoms with E-state index in [1.807, 2.05) is 0 Å². The van der Waals surface area contributed by atoms with Crippen molar-refractivity contribution in [3.05, 3.63) is 35.9 Å². The highest BCUT2D eigenvalue weighted by atomic mass is 16.7. The van der Waals surface area contributed by atoms with Gasteiger partial charge in [-0.3, -0.25) is 0 Å². The Hall–Kier alpha value is -1.71. The Morgan fingerprint density at radius 2 is 1.32 bits per heavy atom. The van der Waals surface area contributed by atoms with Crippen LogP contribution in [0, 0.1) is 0 Å². The molecule has 1 aromatic carbocycles. The summed E-state index contributed by atoms with van der Waals surface area (Å²) < 4.78 is 20.8. The van der Waals surface area contributed by atoms with Gasteiger partial charge >= 0.3 is 5.97 Å². The maximum absolute atomic E-state index is 12.1. The van der Waals surface area contributed by atoms with Crippen molar-refractivity contribution in [1.82, 2.24) is 0 Å². The molecular formula is C19H26O12. The molecule has 2 heterocycles. The molecular weight excluding hydrogens is 420 g/mol. The number of ether oxygens (including phenoxy) is 4. The van der Waals surface area contributed by atoms with Gasteiger partial charge in [0.2, 0.25) is 0 Å². The summed E-state index contributed by atoms with van der Waals surface area (Å²) in [6.45, 7) is -0.965. The highest BCUT2D eigenvalue weighted by molar-refractivity contribution is 5.89. The third kappa shape index (κ3) is 5.38. The van der Waals surface area contributed by atoms with E-state index in [4.69, 9.17) is 18.9 Å². The molecule has 1 aromatic rings. The van der Waals surface area contributed by atoms with Crippen molar-refractivity contribution in [2.75, 3.05) is 13.2 Å². The third-order valence-corrected chi connectivity index (χ3v) is 5.17. The van der Waals surface area contributed by atoms with Crippen molar-refractivity contribution in [3.63, 3.8) is 0 Å². The fraction of sp³-hybridized carbons (Fsp3) is 0.632. The molecule has 31 heavy (non-hydrogen) atoms. The average molecular weight is 446 g/mol. The number of carbonyl (C=O) groups excluding carboxylic acids is 1. The summed E-state index contributed by atoms with van der Waals surface area (Å²) in [7, 11) is 0. The standard InChI is InChI=1S/C19H26O12/c20-11-9(30-18(27)15(24)13(11)22)7-29-19-16(25)14(23)12(21)10(31-19)6-28-17(26)8-4-2-1-3-5-8/h1-5,9-16,18-25,27H,6-7H2/t9-,10-,11-,12-,13+,14+,15-,16-,18-,19-/m1/s1. The number of benzene rings is 1. The molecule has 10 atom stereocenters. The van der Waals surface area contributed by atoms with Crippen LogP contribution in [0.5, 0.6) is 0 Å². The van der Waals surface area contributed by atoms with Gasteiger partial charge in [0.15, 0.2) is 12.6 Å². The van der Waals surface area contributed by atoms with Gasteiger partial charge < -0.3 is 54.7 Å². The Labute approximate surface area is 176 Å². The molecule has 3 rings (SSSR count). The van der Waals surface area contributed by atoms with Gasteiger partial charge in [-0.15, -0.1) is 0 Å². The molecule has 12 heteroatoms. The van der Waals surface area contributed by atoms with E-state index in [2.05, 4.69) is 0 Å². The largest absolute Gasteiger partial charge is 0.459 e. The monoisotopic (exact) mass is 446 g/mol. The molecule has 2 aliphatic heterocycles. The zero-order valence-corrected chi connectivity index (χ0v) is 16.2. The molecule has 0 bridgehead atoms. The lowest BCUT2D eigenvalue weighted by Crippen LogP contribution is -2.61. The summed E-state index contributed by atoms with van der Waals surface area (Å²) in [6, 6.07) is 8.05. The van der Waals surface area contributed by atoms with E-state index in [-0.39, 0.29) is 5.56 Å². The van der Waals surface area contributed by atoms with E-state index in [1.165, 1.54) is 12.1 Å². The first-order valence-electron chi connectivity index (χ1n) is 9.62. The predicted molar refractivity (Wildman–Crippen MR) is 98.3 cm³/mol. The summed E-state index contributed by atoms with van der Waals surface area (Å²) in [5, 5.41) is 69.0. The second-order valence-electron chi connectivity index (χ2n) is 7.35. The number of aliphatic hydroxyl groups is 7. The maximum Gasteiger partial charge on any atom is 0.338 e. The van der Waals surface area contributed by atoms with E-state index < -0.39 is 80.6 Å². The summed E-state index contributed by atoms with van der Waals surface area (Å²) in [4.78, 5) is 12.1. The number of hydrogen-bond donors (Lipinski definition) is 7. The SMILES string of the molecule is O=C(OC[C@H]1O[C@@H](OC[C@H]2O[C@@H](O)[C@H](O)[C@@H](O)[C@@H]2O)[C@H](O)[C@@H](O)[C@@H]1O)c1ccccc1. The van der Waals surface area contributed by atoms with Gasteiger partial charge in [-0.05, 0) is 12.1 Å². The normalized spacial score (nSPS) is 41.0. The van der Waals surface area contributed by atoms with Crippen molar-refractivity contribution < 1.29 is 59.5 Å². The van der Waals surface area contributed by atoms with Gasteiger partial charge in [0.05, 0.1) is 12.2 Å². The zero-order chi connectivity index (χ0) is 22.7. The van der Waals surface area contributed by atoms with Crippen LogP contribution < -0.4 is 0 Å².